The lowest BCUT2D eigenvalue weighted by molar-refractivity contribution is 0.745. The van der Waals surface area contributed by atoms with Crippen molar-refractivity contribution in [1.82, 2.24) is 0 Å². The van der Waals surface area contributed by atoms with E-state index in [1.165, 1.54) is 18.4 Å². The summed E-state index contributed by atoms with van der Waals surface area (Å²) < 4.78 is 0. The van der Waals surface area contributed by atoms with E-state index in [0.29, 0.717) is 5.92 Å². The minimum absolute atomic E-state index is 0.665. The highest BCUT2D eigenvalue weighted by Crippen LogP contribution is 2.34. The van der Waals surface area contributed by atoms with Crippen molar-refractivity contribution in [2.24, 2.45) is 0 Å². The predicted octanol–water partition coefficient (Wildman–Crippen LogP) is 5.05. The van der Waals surface area contributed by atoms with Gasteiger partial charge < -0.3 is 0 Å². The van der Waals surface area contributed by atoms with E-state index in [1.54, 1.807) is 17.2 Å². The van der Waals surface area contributed by atoms with Crippen LogP contribution in [0.5, 0.6) is 0 Å². The standard InChI is InChI=1S/C13H18.C3H6/c1-9(2)12-7-6-11-5-4-10(3)13(11)8-12;1-3-2/h6-10H,4-5H2,1-3H3;3H,1H2,2H3. The van der Waals surface area contributed by atoms with Gasteiger partial charge in [0.25, 0.3) is 0 Å². The lowest BCUT2D eigenvalue weighted by Gasteiger charge is -2.10. The summed E-state index contributed by atoms with van der Waals surface area (Å²) in [5.41, 5.74) is 4.68. The topological polar surface area (TPSA) is 0 Å². The van der Waals surface area contributed by atoms with E-state index in [1.807, 2.05) is 6.92 Å². The van der Waals surface area contributed by atoms with E-state index in [4.69, 9.17) is 0 Å². The quantitative estimate of drug-likeness (QED) is 0.576. The van der Waals surface area contributed by atoms with Gasteiger partial charge >= 0.3 is 0 Å². The molecule has 88 valence electrons. The molecular weight excluding hydrogens is 192 g/mol. The first-order valence-electron chi connectivity index (χ1n) is 6.29. The van der Waals surface area contributed by atoms with E-state index in [2.05, 4.69) is 45.5 Å². The molecule has 1 aromatic carbocycles. The molecule has 0 bridgehead atoms. The van der Waals surface area contributed by atoms with E-state index in [-0.39, 0.29) is 0 Å². The predicted molar refractivity (Wildman–Crippen MR) is 73.1 cm³/mol. The number of hydrogen-bond donors (Lipinski definition) is 0. The molecule has 0 nitrogen and oxygen atoms in total. The fourth-order valence-electron chi connectivity index (χ4n) is 2.19. The Morgan fingerprint density at radius 3 is 2.56 bits per heavy atom. The van der Waals surface area contributed by atoms with Gasteiger partial charge in [0.1, 0.15) is 0 Å². The summed E-state index contributed by atoms with van der Waals surface area (Å²) in [7, 11) is 0. The second kappa shape index (κ2) is 5.89. The maximum Gasteiger partial charge on any atom is -0.0184 e. The van der Waals surface area contributed by atoms with Crippen molar-refractivity contribution in [2.75, 3.05) is 0 Å². The molecule has 0 spiro atoms. The SMILES string of the molecule is C=CC.CC(C)c1ccc2c(c1)C(C)CC2. The molecule has 0 N–H and O–H groups in total. The van der Waals surface area contributed by atoms with Gasteiger partial charge in [-0.3, -0.25) is 0 Å². The zero-order valence-corrected chi connectivity index (χ0v) is 11.1. The monoisotopic (exact) mass is 216 g/mol. The van der Waals surface area contributed by atoms with Crippen molar-refractivity contribution in [3.63, 3.8) is 0 Å². The number of hydrogen-bond acceptors (Lipinski definition) is 0. The van der Waals surface area contributed by atoms with Crippen LogP contribution in [0.1, 0.15) is 62.6 Å². The van der Waals surface area contributed by atoms with Crippen molar-refractivity contribution < 1.29 is 0 Å². The first-order valence-corrected chi connectivity index (χ1v) is 6.29. The fraction of sp³-hybridized carbons (Fsp3) is 0.500. The summed E-state index contributed by atoms with van der Waals surface area (Å²) in [6.07, 6.45) is 4.38. The highest BCUT2D eigenvalue weighted by molar-refractivity contribution is 5.38. The number of benzene rings is 1. The first-order chi connectivity index (χ1) is 7.60. The maximum atomic E-state index is 3.36. The Balaban J connectivity index is 0.000000386. The summed E-state index contributed by atoms with van der Waals surface area (Å²) in [5.74, 6) is 1.45. The van der Waals surface area contributed by atoms with E-state index < -0.39 is 0 Å². The number of fused-ring (bicyclic) bond motifs is 1. The van der Waals surface area contributed by atoms with Crippen molar-refractivity contribution in [3.05, 3.63) is 47.5 Å². The van der Waals surface area contributed by atoms with Crippen LogP contribution in [-0.4, -0.2) is 0 Å². The Hall–Kier alpha value is -1.04. The van der Waals surface area contributed by atoms with Gasteiger partial charge in [0, 0.05) is 0 Å². The summed E-state index contributed by atoms with van der Waals surface area (Å²) in [6.45, 7) is 12.1. The smallest absolute Gasteiger partial charge is 0.0184 e. The van der Waals surface area contributed by atoms with Crippen LogP contribution < -0.4 is 0 Å². The van der Waals surface area contributed by atoms with Gasteiger partial charge in [0.15, 0.2) is 0 Å². The maximum absolute atomic E-state index is 3.36. The second-order valence-corrected chi connectivity index (χ2v) is 4.96. The Morgan fingerprint density at radius 2 is 2.00 bits per heavy atom. The zero-order valence-electron chi connectivity index (χ0n) is 11.1. The van der Waals surface area contributed by atoms with Crippen LogP contribution in [0.2, 0.25) is 0 Å². The van der Waals surface area contributed by atoms with Crippen LogP contribution in [0.4, 0.5) is 0 Å². The van der Waals surface area contributed by atoms with Crippen LogP contribution in [0.25, 0.3) is 0 Å². The average Bonchev–Trinajstić information content (AvgIpc) is 2.61. The van der Waals surface area contributed by atoms with Gasteiger partial charge in [-0.15, -0.1) is 6.58 Å². The molecule has 0 saturated heterocycles. The van der Waals surface area contributed by atoms with Crippen LogP contribution in [0.3, 0.4) is 0 Å². The lowest BCUT2D eigenvalue weighted by atomic mass is 9.96. The van der Waals surface area contributed by atoms with Crippen LogP contribution in [-0.2, 0) is 6.42 Å². The van der Waals surface area contributed by atoms with Gasteiger partial charge in [-0.1, -0.05) is 45.0 Å². The molecule has 1 unspecified atom stereocenters. The lowest BCUT2D eigenvalue weighted by Crippen LogP contribution is -1.92. The van der Waals surface area contributed by atoms with Gasteiger partial charge in [0.2, 0.25) is 0 Å². The fourth-order valence-corrected chi connectivity index (χ4v) is 2.19. The molecule has 1 aliphatic carbocycles. The molecule has 1 aliphatic rings. The van der Waals surface area contributed by atoms with Gasteiger partial charge in [0.05, 0.1) is 0 Å². The third-order valence-electron chi connectivity index (χ3n) is 3.21. The van der Waals surface area contributed by atoms with Gasteiger partial charge in [-0.2, -0.15) is 0 Å². The number of rotatable bonds is 1. The molecule has 0 amide bonds. The molecule has 0 saturated carbocycles. The molecule has 0 aromatic heterocycles. The third-order valence-corrected chi connectivity index (χ3v) is 3.21. The van der Waals surface area contributed by atoms with Gasteiger partial charge in [-0.25, -0.2) is 0 Å². The van der Waals surface area contributed by atoms with Crippen LogP contribution >= 0.6 is 0 Å². The van der Waals surface area contributed by atoms with Crippen molar-refractivity contribution in [3.8, 4) is 0 Å². The molecule has 1 aromatic rings. The molecular formula is C16H24. The van der Waals surface area contributed by atoms with Gasteiger partial charge in [-0.05, 0) is 48.3 Å². The molecule has 0 heterocycles. The number of allylic oxidation sites excluding steroid dienone is 1. The van der Waals surface area contributed by atoms with E-state index in [0.717, 1.165) is 5.92 Å². The molecule has 16 heavy (non-hydrogen) atoms. The summed E-state index contributed by atoms with van der Waals surface area (Å²) >= 11 is 0. The normalized spacial score (nSPS) is 17.7. The van der Waals surface area contributed by atoms with Crippen LogP contribution in [0.15, 0.2) is 30.9 Å². The molecule has 0 heteroatoms. The number of aryl methyl sites for hydroxylation is 1. The Bertz CT molecular complexity index is 347. The minimum Gasteiger partial charge on any atom is -0.103 e. The molecule has 0 aliphatic heterocycles. The van der Waals surface area contributed by atoms with Crippen LogP contribution in [0, 0.1) is 0 Å². The first kappa shape index (κ1) is 13.0. The minimum atomic E-state index is 0.665. The molecule has 0 fully saturated rings. The van der Waals surface area contributed by atoms with Crippen molar-refractivity contribution >= 4 is 0 Å². The third kappa shape index (κ3) is 2.98. The summed E-state index contributed by atoms with van der Waals surface area (Å²) in [4.78, 5) is 0. The molecule has 1 atom stereocenters. The molecule has 2 rings (SSSR count). The molecule has 0 radical (unpaired) electrons. The average molecular weight is 216 g/mol. The van der Waals surface area contributed by atoms with E-state index >= 15 is 0 Å². The van der Waals surface area contributed by atoms with Crippen molar-refractivity contribution in [2.45, 2.75) is 52.4 Å². The highest BCUT2D eigenvalue weighted by atomic mass is 14.2. The zero-order chi connectivity index (χ0) is 12.1. The summed E-state index contributed by atoms with van der Waals surface area (Å²) in [6, 6.07) is 7.04. The van der Waals surface area contributed by atoms with Crippen molar-refractivity contribution in [1.29, 1.82) is 0 Å². The Kier molecular flexibility index (Phi) is 4.79. The Morgan fingerprint density at radius 1 is 1.38 bits per heavy atom. The van der Waals surface area contributed by atoms with E-state index in [9.17, 15) is 0 Å². The second-order valence-electron chi connectivity index (χ2n) is 4.96. The highest BCUT2D eigenvalue weighted by Gasteiger charge is 2.18. The summed E-state index contributed by atoms with van der Waals surface area (Å²) in [5, 5.41) is 0. The largest absolute Gasteiger partial charge is 0.103 e. The Labute approximate surface area is 100 Å².